The van der Waals surface area contributed by atoms with Crippen LogP contribution < -0.4 is 5.32 Å². The first-order chi connectivity index (χ1) is 9.08. The quantitative estimate of drug-likeness (QED) is 0.870. The number of phenolic OH excluding ortho intramolecular Hbond substituents is 1. The molecule has 4 nitrogen and oxygen atoms in total. The summed E-state index contributed by atoms with van der Waals surface area (Å²) < 4.78 is 0. The van der Waals surface area contributed by atoms with Gasteiger partial charge in [0, 0.05) is 42.7 Å². The van der Waals surface area contributed by atoms with Crippen molar-refractivity contribution in [2.75, 3.05) is 13.1 Å². The van der Waals surface area contributed by atoms with Crippen molar-refractivity contribution in [2.24, 2.45) is 0 Å². The molecule has 1 heterocycles. The average Bonchev–Trinajstić information content (AvgIpc) is 2.74. The average molecular weight is 283 g/mol. The monoisotopic (exact) mass is 282 g/mol. The number of nitrogens with one attached hydrogen (secondary N) is 1. The van der Waals surface area contributed by atoms with E-state index in [1.165, 1.54) is 0 Å². The van der Waals surface area contributed by atoms with E-state index in [-0.39, 0.29) is 17.7 Å². The van der Waals surface area contributed by atoms with Crippen molar-refractivity contribution in [3.05, 3.63) is 28.8 Å². The molecule has 1 unspecified atom stereocenters. The van der Waals surface area contributed by atoms with E-state index >= 15 is 0 Å². The van der Waals surface area contributed by atoms with E-state index in [9.17, 15) is 9.90 Å². The molecule has 0 saturated carbocycles. The second kappa shape index (κ2) is 6.26. The predicted octanol–water partition coefficient (Wildman–Crippen LogP) is 2.15. The van der Waals surface area contributed by atoms with E-state index in [0.717, 1.165) is 13.0 Å². The second-order valence-electron chi connectivity index (χ2n) is 4.96. The van der Waals surface area contributed by atoms with Crippen molar-refractivity contribution < 1.29 is 9.90 Å². The highest BCUT2D eigenvalue weighted by Gasteiger charge is 2.21. The van der Waals surface area contributed by atoms with Crippen LogP contribution in [0.3, 0.4) is 0 Å². The molecule has 0 spiro atoms. The summed E-state index contributed by atoms with van der Waals surface area (Å²) in [5, 5.41) is 13.6. The van der Waals surface area contributed by atoms with Gasteiger partial charge in [-0.1, -0.05) is 17.7 Å². The third-order valence-electron chi connectivity index (χ3n) is 3.39. The maximum Gasteiger partial charge on any atom is 0.222 e. The Hall–Kier alpha value is -1.26. The minimum absolute atomic E-state index is 0.165. The molecule has 1 aliphatic rings. The van der Waals surface area contributed by atoms with Crippen molar-refractivity contribution in [3.63, 3.8) is 0 Å². The first-order valence-electron chi connectivity index (χ1n) is 6.55. The maximum atomic E-state index is 11.5. The van der Waals surface area contributed by atoms with E-state index in [1.54, 1.807) is 18.2 Å². The van der Waals surface area contributed by atoms with Crippen molar-refractivity contribution in [2.45, 2.75) is 32.4 Å². The first kappa shape index (κ1) is 14.2. The highest BCUT2D eigenvalue weighted by molar-refractivity contribution is 6.31. The van der Waals surface area contributed by atoms with Crippen LogP contribution in [-0.4, -0.2) is 35.0 Å². The molecular weight excluding hydrogens is 264 g/mol. The standard InChI is InChI=1S/C14H19ClN2O2/c1-10(9-17-7-3-6-14(17)19)16-8-11-12(15)4-2-5-13(11)18/h2,4-5,10,16,18H,3,6-9H2,1H3. The third-order valence-corrected chi connectivity index (χ3v) is 3.74. The number of rotatable bonds is 5. The molecule has 1 aromatic rings. The summed E-state index contributed by atoms with van der Waals surface area (Å²) in [6.45, 7) is 4.07. The summed E-state index contributed by atoms with van der Waals surface area (Å²) in [5.41, 5.74) is 0.698. The van der Waals surface area contributed by atoms with Crippen LogP contribution in [-0.2, 0) is 11.3 Å². The Balaban J connectivity index is 1.86. The zero-order chi connectivity index (χ0) is 13.8. The van der Waals surface area contributed by atoms with E-state index in [1.807, 2.05) is 11.8 Å². The summed E-state index contributed by atoms with van der Waals surface area (Å²) in [6.07, 6.45) is 1.62. The summed E-state index contributed by atoms with van der Waals surface area (Å²) in [6, 6.07) is 5.26. The Kier molecular flexibility index (Phi) is 4.66. The van der Waals surface area contributed by atoms with Crippen LogP contribution in [0.25, 0.3) is 0 Å². The highest BCUT2D eigenvalue weighted by atomic mass is 35.5. The second-order valence-corrected chi connectivity index (χ2v) is 5.37. The number of phenols is 1. The lowest BCUT2D eigenvalue weighted by Crippen LogP contribution is -2.39. The number of carbonyl (C=O) groups excluding carboxylic acids is 1. The molecule has 0 aliphatic carbocycles. The lowest BCUT2D eigenvalue weighted by atomic mass is 10.2. The van der Waals surface area contributed by atoms with Crippen LogP contribution >= 0.6 is 11.6 Å². The summed E-state index contributed by atoms with van der Waals surface area (Å²) >= 11 is 6.04. The van der Waals surface area contributed by atoms with Crippen molar-refractivity contribution >= 4 is 17.5 Å². The van der Waals surface area contributed by atoms with Gasteiger partial charge in [-0.25, -0.2) is 0 Å². The van der Waals surface area contributed by atoms with Crippen LogP contribution in [0, 0.1) is 0 Å². The van der Waals surface area contributed by atoms with E-state index in [4.69, 9.17) is 11.6 Å². The molecule has 1 atom stereocenters. The van der Waals surface area contributed by atoms with Gasteiger partial charge in [0.1, 0.15) is 5.75 Å². The third kappa shape index (κ3) is 3.61. The fourth-order valence-electron chi connectivity index (χ4n) is 2.29. The van der Waals surface area contributed by atoms with Crippen LogP contribution in [0.4, 0.5) is 0 Å². The number of nitrogens with zero attached hydrogens (tertiary/aromatic N) is 1. The first-order valence-corrected chi connectivity index (χ1v) is 6.93. The Labute approximate surface area is 118 Å². The number of benzene rings is 1. The molecule has 2 N–H and O–H groups in total. The number of aromatic hydroxyl groups is 1. The van der Waals surface area contributed by atoms with Crippen LogP contribution in [0.5, 0.6) is 5.75 Å². The fraction of sp³-hybridized carbons (Fsp3) is 0.500. The predicted molar refractivity (Wildman–Crippen MR) is 75.2 cm³/mol. The van der Waals surface area contributed by atoms with Gasteiger partial charge in [-0.05, 0) is 25.5 Å². The normalized spacial score (nSPS) is 16.9. The number of hydrogen-bond acceptors (Lipinski definition) is 3. The molecule has 104 valence electrons. The largest absolute Gasteiger partial charge is 0.508 e. The van der Waals surface area contributed by atoms with E-state index in [2.05, 4.69) is 5.32 Å². The number of likely N-dealkylation sites (tertiary alicyclic amines) is 1. The molecule has 0 aromatic heterocycles. The topological polar surface area (TPSA) is 52.6 Å². The van der Waals surface area contributed by atoms with Gasteiger partial charge in [-0.3, -0.25) is 4.79 Å². The van der Waals surface area contributed by atoms with Gasteiger partial charge in [0.05, 0.1) is 0 Å². The summed E-state index contributed by atoms with van der Waals surface area (Å²) in [7, 11) is 0. The van der Waals surface area contributed by atoms with Crippen molar-refractivity contribution in [3.8, 4) is 5.75 Å². The molecule has 0 bridgehead atoms. The van der Waals surface area contributed by atoms with Crippen molar-refractivity contribution in [1.29, 1.82) is 0 Å². The fourth-order valence-corrected chi connectivity index (χ4v) is 2.53. The molecule has 1 fully saturated rings. The van der Waals surface area contributed by atoms with Gasteiger partial charge in [-0.15, -0.1) is 0 Å². The number of carbonyl (C=O) groups is 1. The lowest BCUT2D eigenvalue weighted by molar-refractivity contribution is -0.127. The van der Waals surface area contributed by atoms with E-state index in [0.29, 0.717) is 30.1 Å². The lowest BCUT2D eigenvalue weighted by Gasteiger charge is -2.22. The Bertz CT molecular complexity index is 445. The molecule has 0 radical (unpaired) electrons. The van der Waals surface area contributed by atoms with Crippen molar-refractivity contribution in [1.82, 2.24) is 10.2 Å². The highest BCUT2D eigenvalue weighted by Crippen LogP contribution is 2.24. The SMILES string of the molecule is CC(CN1CCCC1=O)NCc1c(O)cccc1Cl. The Morgan fingerprint density at radius 3 is 2.95 bits per heavy atom. The smallest absolute Gasteiger partial charge is 0.222 e. The van der Waals surface area contributed by atoms with Crippen LogP contribution in [0.15, 0.2) is 18.2 Å². The molecule has 1 aromatic carbocycles. The Morgan fingerprint density at radius 1 is 1.53 bits per heavy atom. The van der Waals surface area contributed by atoms with Gasteiger partial charge < -0.3 is 15.3 Å². The molecule has 1 amide bonds. The molecule has 1 saturated heterocycles. The van der Waals surface area contributed by atoms with Gasteiger partial charge in [0.15, 0.2) is 0 Å². The summed E-state index contributed by atoms with van der Waals surface area (Å²) in [5.74, 6) is 0.429. The maximum absolute atomic E-state index is 11.5. The van der Waals surface area contributed by atoms with Gasteiger partial charge in [0.2, 0.25) is 5.91 Å². The zero-order valence-electron chi connectivity index (χ0n) is 11.0. The number of hydrogen-bond donors (Lipinski definition) is 2. The zero-order valence-corrected chi connectivity index (χ0v) is 11.8. The molecular formula is C14H19ClN2O2. The number of amides is 1. The molecule has 19 heavy (non-hydrogen) atoms. The van der Waals surface area contributed by atoms with Gasteiger partial charge >= 0.3 is 0 Å². The number of halogens is 1. The Morgan fingerprint density at radius 2 is 2.32 bits per heavy atom. The van der Waals surface area contributed by atoms with Crippen LogP contribution in [0.2, 0.25) is 5.02 Å². The van der Waals surface area contributed by atoms with Gasteiger partial charge in [0.25, 0.3) is 0 Å². The minimum atomic E-state index is 0.165. The van der Waals surface area contributed by atoms with Gasteiger partial charge in [-0.2, -0.15) is 0 Å². The minimum Gasteiger partial charge on any atom is -0.508 e. The van der Waals surface area contributed by atoms with Crippen LogP contribution in [0.1, 0.15) is 25.3 Å². The molecule has 1 aliphatic heterocycles. The molecule has 2 rings (SSSR count). The molecule has 5 heteroatoms. The van der Waals surface area contributed by atoms with E-state index < -0.39 is 0 Å². The summed E-state index contributed by atoms with van der Waals surface area (Å²) in [4.78, 5) is 13.4.